The summed E-state index contributed by atoms with van der Waals surface area (Å²) in [5.74, 6) is -0.321. The Hall–Kier alpha value is -1.53. The monoisotopic (exact) mass is 258 g/mol. The number of benzene rings is 1. The van der Waals surface area contributed by atoms with Crippen molar-refractivity contribution in [3.05, 3.63) is 29.8 Å². The Labute approximate surface area is 104 Å². The lowest BCUT2D eigenvalue weighted by molar-refractivity contribution is -0.118. The first kappa shape index (κ1) is 14.5. The lowest BCUT2D eigenvalue weighted by atomic mass is 10.2. The zero-order chi connectivity index (χ0) is 13.5. The van der Waals surface area contributed by atoms with Gasteiger partial charge in [0.25, 0.3) is 6.43 Å². The number of rotatable bonds is 6. The molecule has 1 amide bonds. The first-order chi connectivity index (χ1) is 8.56. The van der Waals surface area contributed by atoms with Crippen LogP contribution in [0.25, 0.3) is 0 Å². The molecule has 18 heavy (non-hydrogen) atoms. The molecule has 1 rings (SSSR count). The highest BCUT2D eigenvalue weighted by Gasteiger charge is 2.12. The molecule has 0 aromatic heterocycles. The Morgan fingerprint density at radius 3 is 2.78 bits per heavy atom. The minimum Gasteiger partial charge on any atom is -0.380 e. The standard InChI is InChI=1S/C12H16F2N2O2/c1-18-10(7-15)6-11(17)16-9-4-2-3-8(5-9)12(13)14/h2-5,10,12H,6-7,15H2,1H3,(H,16,17). The average Bonchev–Trinajstić information content (AvgIpc) is 2.36. The molecule has 0 radical (unpaired) electrons. The topological polar surface area (TPSA) is 64.3 Å². The van der Waals surface area contributed by atoms with Gasteiger partial charge in [0.05, 0.1) is 12.5 Å². The molecule has 0 aliphatic heterocycles. The summed E-state index contributed by atoms with van der Waals surface area (Å²) < 4.78 is 29.9. The van der Waals surface area contributed by atoms with Gasteiger partial charge in [-0.25, -0.2) is 8.78 Å². The molecule has 0 saturated heterocycles. The van der Waals surface area contributed by atoms with Gasteiger partial charge in [0.1, 0.15) is 0 Å². The lowest BCUT2D eigenvalue weighted by Crippen LogP contribution is -2.28. The zero-order valence-electron chi connectivity index (χ0n) is 10.0. The van der Waals surface area contributed by atoms with Gasteiger partial charge in [-0.1, -0.05) is 12.1 Å². The fourth-order valence-corrected chi connectivity index (χ4v) is 1.43. The third-order valence-corrected chi connectivity index (χ3v) is 2.43. The summed E-state index contributed by atoms with van der Waals surface area (Å²) in [5.41, 5.74) is 5.59. The smallest absolute Gasteiger partial charge is 0.263 e. The van der Waals surface area contributed by atoms with Gasteiger partial charge in [-0.15, -0.1) is 0 Å². The van der Waals surface area contributed by atoms with E-state index < -0.39 is 6.43 Å². The highest BCUT2D eigenvalue weighted by atomic mass is 19.3. The second-order valence-electron chi connectivity index (χ2n) is 3.77. The van der Waals surface area contributed by atoms with E-state index in [-0.39, 0.29) is 30.5 Å². The van der Waals surface area contributed by atoms with E-state index in [0.717, 1.165) is 0 Å². The molecule has 4 nitrogen and oxygen atoms in total. The molecule has 0 saturated carbocycles. The van der Waals surface area contributed by atoms with Gasteiger partial charge in [-0.3, -0.25) is 4.79 Å². The number of carbonyl (C=O) groups is 1. The maximum absolute atomic E-state index is 12.5. The summed E-state index contributed by atoms with van der Waals surface area (Å²) in [4.78, 5) is 11.6. The molecular formula is C12H16F2N2O2. The van der Waals surface area contributed by atoms with Crippen LogP contribution < -0.4 is 11.1 Å². The summed E-state index contributed by atoms with van der Waals surface area (Å²) in [7, 11) is 1.46. The molecule has 0 bridgehead atoms. The van der Waals surface area contributed by atoms with Gasteiger partial charge in [-0.2, -0.15) is 0 Å². The molecular weight excluding hydrogens is 242 g/mol. The molecule has 0 aliphatic carbocycles. The number of halogens is 2. The molecule has 1 aromatic rings. The molecule has 0 fully saturated rings. The molecule has 1 atom stereocenters. The molecule has 100 valence electrons. The van der Waals surface area contributed by atoms with Crippen LogP contribution in [0.2, 0.25) is 0 Å². The van der Waals surface area contributed by atoms with Gasteiger partial charge >= 0.3 is 0 Å². The number of nitrogens with two attached hydrogens (primary N) is 1. The van der Waals surface area contributed by atoms with Gasteiger partial charge in [0, 0.05) is 24.9 Å². The van der Waals surface area contributed by atoms with Crippen molar-refractivity contribution in [2.75, 3.05) is 19.0 Å². The third-order valence-electron chi connectivity index (χ3n) is 2.43. The van der Waals surface area contributed by atoms with Crippen LogP contribution in [-0.2, 0) is 9.53 Å². The predicted molar refractivity (Wildman–Crippen MR) is 64.5 cm³/mol. The van der Waals surface area contributed by atoms with E-state index in [1.54, 1.807) is 6.07 Å². The van der Waals surface area contributed by atoms with Crippen LogP contribution in [-0.4, -0.2) is 25.7 Å². The molecule has 1 unspecified atom stereocenters. The van der Waals surface area contributed by atoms with E-state index in [1.165, 1.54) is 25.3 Å². The number of alkyl halides is 2. The quantitative estimate of drug-likeness (QED) is 0.819. The van der Waals surface area contributed by atoms with Crippen molar-refractivity contribution >= 4 is 11.6 Å². The highest BCUT2D eigenvalue weighted by molar-refractivity contribution is 5.91. The SMILES string of the molecule is COC(CN)CC(=O)Nc1cccc(C(F)F)c1. The van der Waals surface area contributed by atoms with Crippen LogP contribution in [0.15, 0.2) is 24.3 Å². The number of ether oxygens (including phenoxy) is 1. The number of amides is 1. The summed E-state index contributed by atoms with van der Waals surface area (Å²) in [5, 5.41) is 2.53. The third kappa shape index (κ3) is 4.38. The van der Waals surface area contributed by atoms with Crippen molar-refractivity contribution in [1.29, 1.82) is 0 Å². The normalized spacial score (nSPS) is 12.5. The second kappa shape index (κ2) is 7.03. The molecule has 6 heteroatoms. The minimum atomic E-state index is -2.56. The largest absolute Gasteiger partial charge is 0.380 e. The Kier molecular flexibility index (Phi) is 5.67. The predicted octanol–water partition coefficient (Wildman–Crippen LogP) is 1.93. The molecule has 0 heterocycles. The average molecular weight is 258 g/mol. The van der Waals surface area contributed by atoms with Crippen LogP contribution in [0.3, 0.4) is 0 Å². The molecule has 0 spiro atoms. The zero-order valence-corrected chi connectivity index (χ0v) is 10.0. The Morgan fingerprint density at radius 1 is 1.50 bits per heavy atom. The first-order valence-corrected chi connectivity index (χ1v) is 5.47. The Bertz CT molecular complexity index is 395. The molecule has 0 aliphatic rings. The van der Waals surface area contributed by atoms with Crippen molar-refractivity contribution < 1.29 is 18.3 Å². The Morgan fingerprint density at radius 2 is 2.22 bits per heavy atom. The number of hydrogen-bond acceptors (Lipinski definition) is 3. The van der Waals surface area contributed by atoms with Gasteiger partial charge in [0.15, 0.2) is 0 Å². The number of anilines is 1. The summed E-state index contributed by atoms with van der Waals surface area (Å²) in [6.07, 6.45) is -2.84. The maximum atomic E-state index is 12.5. The van der Waals surface area contributed by atoms with E-state index in [0.29, 0.717) is 5.69 Å². The summed E-state index contributed by atoms with van der Waals surface area (Å²) in [6.45, 7) is 0.223. The number of methoxy groups -OCH3 is 1. The lowest BCUT2D eigenvalue weighted by Gasteiger charge is -2.13. The van der Waals surface area contributed by atoms with Crippen LogP contribution in [0.4, 0.5) is 14.5 Å². The molecule has 3 N–H and O–H groups in total. The van der Waals surface area contributed by atoms with E-state index in [2.05, 4.69) is 5.32 Å². The fraction of sp³-hybridized carbons (Fsp3) is 0.417. The van der Waals surface area contributed by atoms with Gasteiger partial charge in [0.2, 0.25) is 5.91 Å². The van der Waals surface area contributed by atoms with E-state index in [1.807, 2.05) is 0 Å². The molecule has 1 aromatic carbocycles. The van der Waals surface area contributed by atoms with E-state index in [4.69, 9.17) is 10.5 Å². The minimum absolute atomic E-state index is 0.0892. The van der Waals surface area contributed by atoms with E-state index in [9.17, 15) is 13.6 Å². The Balaban J connectivity index is 2.61. The first-order valence-electron chi connectivity index (χ1n) is 5.47. The van der Waals surface area contributed by atoms with Crippen LogP contribution in [0, 0.1) is 0 Å². The van der Waals surface area contributed by atoms with Crippen molar-refractivity contribution in [1.82, 2.24) is 0 Å². The number of nitrogens with one attached hydrogen (secondary N) is 1. The van der Waals surface area contributed by atoms with Crippen molar-refractivity contribution in [3.8, 4) is 0 Å². The van der Waals surface area contributed by atoms with Crippen LogP contribution in [0.5, 0.6) is 0 Å². The van der Waals surface area contributed by atoms with Crippen LogP contribution >= 0.6 is 0 Å². The van der Waals surface area contributed by atoms with Crippen molar-refractivity contribution in [2.45, 2.75) is 19.0 Å². The number of hydrogen-bond donors (Lipinski definition) is 2. The van der Waals surface area contributed by atoms with Crippen molar-refractivity contribution in [2.24, 2.45) is 5.73 Å². The van der Waals surface area contributed by atoms with Gasteiger partial charge in [-0.05, 0) is 12.1 Å². The van der Waals surface area contributed by atoms with Crippen LogP contribution in [0.1, 0.15) is 18.4 Å². The second-order valence-corrected chi connectivity index (χ2v) is 3.77. The number of carbonyl (C=O) groups excluding carboxylic acids is 1. The summed E-state index contributed by atoms with van der Waals surface area (Å²) >= 11 is 0. The van der Waals surface area contributed by atoms with Gasteiger partial charge < -0.3 is 15.8 Å². The maximum Gasteiger partial charge on any atom is 0.263 e. The van der Waals surface area contributed by atoms with E-state index >= 15 is 0 Å². The fourth-order valence-electron chi connectivity index (χ4n) is 1.43. The summed E-state index contributed by atoms with van der Waals surface area (Å²) in [6, 6.07) is 5.56. The van der Waals surface area contributed by atoms with Crippen molar-refractivity contribution in [3.63, 3.8) is 0 Å². The highest BCUT2D eigenvalue weighted by Crippen LogP contribution is 2.21.